The van der Waals surface area contributed by atoms with Crippen LogP contribution in [0.3, 0.4) is 0 Å². The Kier molecular flexibility index (Phi) is 4.89. The Hall–Kier alpha value is -2.62. The molecular weight excluding hydrogens is 252 g/mol. The zero-order chi connectivity index (χ0) is 14.2. The zero-order valence-electron chi connectivity index (χ0n) is 11.2. The summed E-state index contributed by atoms with van der Waals surface area (Å²) in [5, 5.41) is 2.82. The van der Waals surface area contributed by atoms with E-state index in [0.29, 0.717) is 6.54 Å². The number of pyridine rings is 1. The second-order valence-corrected chi connectivity index (χ2v) is 4.15. The molecule has 0 atom stereocenters. The van der Waals surface area contributed by atoms with Crippen LogP contribution >= 0.6 is 0 Å². The number of nitrogens with zero attached hydrogens (tertiary/aromatic N) is 1. The van der Waals surface area contributed by atoms with E-state index in [1.165, 1.54) is 6.08 Å². The van der Waals surface area contributed by atoms with Gasteiger partial charge in [0, 0.05) is 30.6 Å². The number of ether oxygens (including phenoxy) is 1. The number of amides is 1. The number of carbonyl (C=O) groups is 1. The molecule has 1 aromatic heterocycles. The van der Waals surface area contributed by atoms with Crippen LogP contribution in [0.2, 0.25) is 0 Å². The number of rotatable bonds is 5. The summed E-state index contributed by atoms with van der Waals surface area (Å²) in [6.07, 6.45) is 6.61. The highest BCUT2D eigenvalue weighted by atomic mass is 16.5. The first-order valence-corrected chi connectivity index (χ1v) is 6.27. The highest BCUT2D eigenvalue weighted by molar-refractivity contribution is 5.91. The van der Waals surface area contributed by atoms with Gasteiger partial charge in [0.15, 0.2) is 0 Å². The first-order chi connectivity index (χ1) is 9.79. The summed E-state index contributed by atoms with van der Waals surface area (Å²) >= 11 is 0. The summed E-state index contributed by atoms with van der Waals surface area (Å²) in [6.45, 7) is 0.431. The summed E-state index contributed by atoms with van der Waals surface area (Å²) in [5.74, 6) is 0.615. The molecule has 0 aliphatic heterocycles. The molecule has 2 rings (SSSR count). The van der Waals surface area contributed by atoms with Gasteiger partial charge >= 0.3 is 0 Å². The van der Waals surface area contributed by atoms with Crippen molar-refractivity contribution in [3.05, 3.63) is 66.0 Å². The number of aromatic nitrogens is 1. The maximum atomic E-state index is 11.7. The molecule has 0 radical (unpaired) electrons. The van der Waals surface area contributed by atoms with E-state index in [1.54, 1.807) is 25.6 Å². The predicted octanol–water partition coefficient (Wildman–Crippen LogP) is 2.42. The number of carbonyl (C=O) groups excluding carboxylic acids is 1. The molecule has 0 aliphatic carbocycles. The van der Waals surface area contributed by atoms with E-state index < -0.39 is 0 Å². The van der Waals surface area contributed by atoms with Crippen molar-refractivity contribution in [1.82, 2.24) is 10.3 Å². The van der Waals surface area contributed by atoms with Gasteiger partial charge in [0.2, 0.25) is 5.91 Å². The van der Waals surface area contributed by atoms with Crippen molar-refractivity contribution in [2.24, 2.45) is 0 Å². The molecule has 4 heteroatoms. The van der Waals surface area contributed by atoms with Crippen LogP contribution in [0.1, 0.15) is 11.1 Å². The molecule has 0 fully saturated rings. The maximum absolute atomic E-state index is 11.7. The van der Waals surface area contributed by atoms with E-state index in [0.717, 1.165) is 16.9 Å². The van der Waals surface area contributed by atoms with Crippen LogP contribution in [0.25, 0.3) is 6.08 Å². The number of hydrogen-bond acceptors (Lipinski definition) is 3. The van der Waals surface area contributed by atoms with Gasteiger partial charge in [-0.15, -0.1) is 0 Å². The molecule has 0 aliphatic rings. The molecule has 1 N–H and O–H groups in total. The van der Waals surface area contributed by atoms with Crippen molar-refractivity contribution in [2.45, 2.75) is 6.54 Å². The van der Waals surface area contributed by atoms with Gasteiger partial charge in [-0.3, -0.25) is 9.78 Å². The van der Waals surface area contributed by atoms with Crippen LogP contribution in [-0.4, -0.2) is 18.0 Å². The van der Waals surface area contributed by atoms with Crippen molar-refractivity contribution in [2.75, 3.05) is 7.11 Å². The van der Waals surface area contributed by atoms with Gasteiger partial charge in [-0.1, -0.05) is 24.3 Å². The van der Waals surface area contributed by atoms with Crippen LogP contribution in [-0.2, 0) is 11.3 Å². The number of hydrogen-bond donors (Lipinski definition) is 1. The fourth-order valence-electron chi connectivity index (χ4n) is 1.74. The van der Waals surface area contributed by atoms with Crippen LogP contribution in [0, 0.1) is 0 Å². The minimum Gasteiger partial charge on any atom is -0.496 e. The minimum atomic E-state index is -0.153. The molecule has 1 amide bonds. The van der Waals surface area contributed by atoms with E-state index >= 15 is 0 Å². The van der Waals surface area contributed by atoms with Crippen molar-refractivity contribution >= 4 is 12.0 Å². The zero-order valence-corrected chi connectivity index (χ0v) is 11.2. The Morgan fingerprint density at radius 1 is 1.30 bits per heavy atom. The van der Waals surface area contributed by atoms with Gasteiger partial charge in [-0.05, 0) is 23.8 Å². The third-order valence-electron chi connectivity index (χ3n) is 2.76. The Morgan fingerprint density at radius 2 is 2.15 bits per heavy atom. The molecular formula is C16H16N2O2. The van der Waals surface area contributed by atoms with Gasteiger partial charge in [-0.2, -0.15) is 0 Å². The van der Waals surface area contributed by atoms with E-state index in [9.17, 15) is 4.79 Å². The summed E-state index contributed by atoms with van der Waals surface area (Å²) < 4.78 is 5.23. The second kappa shape index (κ2) is 7.09. The van der Waals surface area contributed by atoms with Crippen LogP contribution < -0.4 is 10.1 Å². The Bertz CT molecular complexity index is 594. The summed E-state index contributed by atoms with van der Waals surface area (Å²) in [6, 6.07) is 11.3. The van der Waals surface area contributed by atoms with Crippen LogP contribution in [0.15, 0.2) is 54.9 Å². The summed E-state index contributed by atoms with van der Waals surface area (Å²) in [7, 11) is 1.61. The Balaban J connectivity index is 1.91. The standard InChI is InChI=1S/C16H16N2O2/c1-20-15-7-3-2-6-14(15)12-18-16(19)9-8-13-5-4-10-17-11-13/h2-11H,12H2,1H3,(H,18,19)/b9-8-. The highest BCUT2D eigenvalue weighted by Crippen LogP contribution is 2.16. The number of benzene rings is 1. The highest BCUT2D eigenvalue weighted by Gasteiger charge is 2.02. The molecule has 1 aromatic carbocycles. The number of nitrogens with one attached hydrogen (secondary N) is 1. The fraction of sp³-hybridized carbons (Fsp3) is 0.125. The molecule has 20 heavy (non-hydrogen) atoms. The van der Waals surface area contributed by atoms with E-state index in [1.807, 2.05) is 36.4 Å². The lowest BCUT2D eigenvalue weighted by atomic mass is 10.2. The van der Waals surface area contributed by atoms with Gasteiger partial charge < -0.3 is 10.1 Å². The molecule has 1 heterocycles. The maximum Gasteiger partial charge on any atom is 0.244 e. The third-order valence-corrected chi connectivity index (χ3v) is 2.76. The van der Waals surface area contributed by atoms with Crippen LogP contribution in [0.5, 0.6) is 5.75 Å². The SMILES string of the molecule is COc1ccccc1CNC(=O)/C=C\c1cccnc1. The summed E-state index contributed by atoms with van der Waals surface area (Å²) in [4.78, 5) is 15.7. The Morgan fingerprint density at radius 3 is 2.90 bits per heavy atom. The fourth-order valence-corrected chi connectivity index (χ4v) is 1.74. The van der Waals surface area contributed by atoms with Gasteiger partial charge in [0.25, 0.3) is 0 Å². The second-order valence-electron chi connectivity index (χ2n) is 4.15. The molecule has 4 nitrogen and oxygen atoms in total. The average Bonchev–Trinajstić information content (AvgIpc) is 2.52. The van der Waals surface area contributed by atoms with Crippen molar-refractivity contribution < 1.29 is 9.53 Å². The Labute approximate surface area is 118 Å². The minimum absolute atomic E-state index is 0.153. The lowest BCUT2D eigenvalue weighted by Gasteiger charge is -2.08. The van der Waals surface area contributed by atoms with E-state index in [-0.39, 0.29) is 5.91 Å². The average molecular weight is 268 g/mol. The van der Waals surface area contributed by atoms with Gasteiger partial charge in [0.1, 0.15) is 5.75 Å². The van der Waals surface area contributed by atoms with Gasteiger partial charge in [0.05, 0.1) is 7.11 Å². The molecule has 0 saturated carbocycles. The molecule has 2 aromatic rings. The molecule has 0 bridgehead atoms. The normalized spacial score (nSPS) is 10.4. The monoisotopic (exact) mass is 268 g/mol. The van der Waals surface area contributed by atoms with Gasteiger partial charge in [-0.25, -0.2) is 0 Å². The molecule has 0 saturated heterocycles. The largest absolute Gasteiger partial charge is 0.496 e. The van der Waals surface area contributed by atoms with Crippen LogP contribution in [0.4, 0.5) is 0 Å². The van der Waals surface area contributed by atoms with Crippen molar-refractivity contribution in [3.63, 3.8) is 0 Å². The van der Waals surface area contributed by atoms with Crippen molar-refractivity contribution in [3.8, 4) is 5.75 Å². The predicted molar refractivity (Wildman–Crippen MR) is 78.1 cm³/mol. The third kappa shape index (κ3) is 3.95. The number of methoxy groups -OCH3 is 1. The van der Waals surface area contributed by atoms with E-state index in [2.05, 4.69) is 10.3 Å². The number of para-hydroxylation sites is 1. The summed E-state index contributed by atoms with van der Waals surface area (Å²) in [5.41, 5.74) is 1.83. The first-order valence-electron chi connectivity index (χ1n) is 6.27. The van der Waals surface area contributed by atoms with Crippen molar-refractivity contribution in [1.29, 1.82) is 0 Å². The topological polar surface area (TPSA) is 51.2 Å². The van der Waals surface area contributed by atoms with E-state index in [4.69, 9.17) is 4.74 Å². The smallest absolute Gasteiger partial charge is 0.244 e. The molecule has 0 spiro atoms. The lowest BCUT2D eigenvalue weighted by Crippen LogP contribution is -2.20. The molecule has 0 unspecified atom stereocenters. The first kappa shape index (κ1) is 13.8. The quantitative estimate of drug-likeness (QED) is 0.847. The lowest BCUT2D eigenvalue weighted by molar-refractivity contribution is -0.116. The molecule has 102 valence electrons.